The molecule has 0 heterocycles. The first-order valence-electron chi connectivity index (χ1n) is 30.5. The molecule has 0 rings (SSSR count). The highest BCUT2D eigenvalue weighted by Crippen LogP contribution is 2.43. The highest BCUT2D eigenvalue weighted by molar-refractivity contribution is 7.47. The Kier molecular flexibility index (Phi) is 55.3. The number of esters is 3. The van der Waals surface area contributed by atoms with Crippen molar-refractivity contribution < 1.29 is 52.2 Å². The molecule has 0 aliphatic rings. The quantitative estimate of drug-likeness (QED) is 0.0197. The van der Waals surface area contributed by atoms with Gasteiger partial charge in [0.1, 0.15) is 12.7 Å². The number of unbranched alkanes of at least 4 members (excludes halogenated alkanes) is 25. The van der Waals surface area contributed by atoms with Gasteiger partial charge in [-0.25, -0.2) is 4.57 Å². The zero-order valence-corrected chi connectivity index (χ0v) is 49.3. The van der Waals surface area contributed by atoms with E-state index in [9.17, 15) is 28.9 Å². The largest absolute Gasteiger partial charge is 0.472 e. The van der Waals surface area contributed by atoms with Crippen LogP contribution in [0.4, 0.5) is 0 Å². The van der Waals surface area contributed by atoms with Crippen molar-refractivity contribution >= 4 is 25.7 Å². The molecule has 0 radical (unpaired) electrons. The van der Waals surface area contributed by atoms with Crippen LogP contribution in [0.3, 0.4) is 0 Å². The second-order valence-electron chi connectivity index (χ2n) is 20.1. The molecule has 0 aromatic rings. The summed E-state index contributed by atoms with van der Waals surface area (Å²) in [6.45, 7) is 4.45. The van der Waals surface area contributed by atoms with Crippen LogP contribution in [0.15, 0.2) is 85.1 Å². The second kappa shape index (κ2) is 57.8. The van der Waals surface area contributed by atoms with Gasteiger partial charge in [-0.2, -0.15) is 0 Å². The summed E-state index contributed by atoms with van der Waals surface area (Å²) in [5, 5.41) is 9.80. The third-order valence-corrected chi connectivity index (χ3v) is 13.8. The number of ether oxygens (including phenoxy) is 3. The van der Waals surface area contributed by atoms with Gasteiger partial charge in [0.25, 0.3) is 0 Å². The Bertz CT molecular complexity index is 1600. The van der Waals surface area contributed by atoms with E-state index in [0.29, 0.717) is 25.7 Å². The van der Waals surface area contributed by atoms with Crippen molar-refractivity contribution in [3.63, 3.8) is 0 Å². The molecular weight excluding hydrogens is 976 g/mol. The van der Waals surface area contributed by atoms with Gasteiger partial charge in [0.15, 0.2) is 6.10 Å². The first kappa shape index (κ1) is 72.7. The van der Waals surface area contributed by atoms with Crippen molar-refractivity contribution in [3.05, 3.63) is 85.1 Å². The highest BCUT2D eigenvalue weighted by Gasteiger charge is 2.28. The Hall–Kier alpha value is -3.34. The molecule has 0 aromatic heterocycles. The maximum Gasteiger partial charge on any atom is 0.472 e. The SMILES string of the molecule is CC/C=C\C/C=C\C/C=C\C/C=C\C/C=C\C/C=C\CCC(=O)OC(COC(=O)CCCCCCCCCCC/C=C\CCCCCCCC)COP(=O)(O)OCC(CO)OC(=O)CCCCCCCCCCCCC. The average molecular weight is 1090 g/mol. The maximum atomic E-state index is 12.9. The van der Waals surface area contributed by atoms with Gasteiger partial charge in [0.05, 0.1) is 19.8 Å². The molecule has 0 saturated heterocycles. The van der Waals surface area contributed by atoms with E-state index in [4.69, 9.17) is 23.3 Å². The molecule has 0 fully saturated rings. The van der Waals surface area contributed by atoms with E-state index in [2.05, 4.69) is 93.7 Å². The van der Waals surface area contributed by atoms with Gasteiger partial charge in [-0.15, -0.1) is 0 Å². The molecule has 0 bridgehead atoms. The van der Waals surface area contributed by atoms with Crippen LogP contribution in [0.2, 0.25) is 0 Å². The smallest absolute Gasteiger partial charge is 0.462 e. The van der Waals surface area contributed by atoms with Gasteiger partial charge >= 0.3 is 25.7 Å². The number of hydrogen-bond acceptors (Lipinski definition) is 10. The van der Waals surface area contributed by atoms with Crippen molar-refractivity contribution in [2.24, 2.45) is 0 Å². The molecule has 76 heavy (non-hydrogen) atoms. The van der Waals surface area contributed by atoms with E-state index in [1.165, 1.54) is 128 Å². The van der Waals surface area contributed by atoms with Crippen molar-refractivity contribution in [1.29, 1.82) is 0 Å². The maximum absolute atomic E-state index is 12.9. The number of phosphoric ester groups is 1. The Morgan fingerprint density at radius 1 is 0.382 bits per heavy atom. The summed E-state index contributed by atoms with van der Waals surface area (Å²) in [5.74, 6) is -1.56. The van der Waals surface area contributed by atoms with Gasteiger partial charge in [-0.05, 0) is 83.5 Å². The molecule has 3 atom stereocenters. The first-order valence-corrected chi connectivity index (χ1v) is 32.0. The van der Waals surface area contributed by atoms with Crippen LogP contribution < -0.4 is 0 Å². The zero-order valence-electron chi connectivity index (χ0n) is 48.5. The Labute approximate surface area is 464 Å². The van der Waals surface area contributed by atoms with Crippen LogP contribution in [-0.2, 0) is 42.2 Å². The summed E-state index contributed by atoms with van der Waals surface area (Å²) < 4.78 is 39.5. The van der Waals surface area contributed by atoms with E-state index in [-0.39, 0.29) is 25.9 Å². The molecule has 3 unspecified atom stereocenters. The summed E-state index contributed by atoms with van der Waals surface area (Å²) in [6, 6.07) is 0. The number of hydrogen-bond donors (Lipinski definition) is 2. The van der Waals surface area contributed by atoms with E-state index in [0.717, 1.165) is 70.6 Å². The normalized spacial score (nSPS) is 13.9. The third kappa shape index (κ3) is 55.4. The molecule has 11 nitrogen and oxygen atoms in total. The number of aliphatic hydroxyl groups is 1. The number of carbonyl (C=O) groups is 3. The Balaban J connectivity index is 4.81. The van der Waals surface area contributed by atoms with E-state index in [1.807, 2.05) is 12.2 Å². The zero-order chi connectivity index (χ0) is 55.5. The van der Waals surface area contributed by atoms with E-state index < -0.39 is 57.8 Å². The summed E-state index contributed by atoms with van der Waals surface area (Å²) in [6.07, 6.45) is 67.0. The Morgan fingerprint density at radius 3 is 1.13 bits per heavy atom. The van der Waals surface area contributed by atoms with Crippen LogP contribution in [0, 0.1) is 0 Å². The molecule has 12 heteroatoms. The summed E-state index contributed by atoms with van der Waals surface area (Å²) in [5.41, 5.74) is 0. The summed E-state index contributed by atoms with van der Waals surface area (Å²) in [4.78, 5) is 48.6. The van der Waals surface area contributed by atoms with Crippen LogP contribution in [0.5, 0.6) is 0 Å². The summed E-state index contributed by atoms with van der Waals surface area (Å²) in [7, 11) is -4.77. The second-order valence-corrected chi connectivity index (χ2v) is 21.6. The fourth-order valence-electron chi connectivity index (χ4n) is 8.20. The molecule has 0 saturated carbocycles. The Morgan fingerprint density at radius 2 is 0.711 bits per heavy atom. The van der Waals surface area contributed by atoms with Crippen LogP contribution in [0.25, 0.3) is 0 Å². The van der Waals surface area contributed by atoms with Gasteiger partial charge in [0, 0.05) is 19.3 Å². The van der Waals surface area contributed by atoms with Gasteiger partial charge in [-0.1, -0.05) is 247 Å². The average Bonchev–Trinajstić information content (AvgIpc) is 3.41. The standard InChI is InChI=1S/C64H111O11P/c1-4-7-10-13-16-19-22-24-26-28-30-32-34-36-39-41-44-47-50-53-62(66)71-57-61(75-64(68)55-52-49-46-43-40-37-35-33-31-29-27-25-23-20-17-14-11-8-5-2)59-73-76(69,70)72-58-60(56-65)74-63(67)54-51-48-45-42-38-21-18-15-12-9-6-3/h8,11,17,20,24-27,31,33,37,40,46,49,60-61,65H,4-7,9-10,12-16,18-19,21-23,28-30,32,34-36,38-39,41-45,47-48,50-59H2,1-3H3,(H,69,70)/b11-8-,20-17-,26-24-,27-25-,33-31-,40-37-,49-46-. The number of rotatable bonds is 56. The predicted octanol–water partition coefficient (Wildman–Crippen LogP) is 18.3. The fourth-order valence-corrected chi connectivity index (χ4v) is 8.99. The van der Waals surface area contributed by atoms with Gasteiger partial charge < -0.3 is 24.2 Å². The monoisotopic (exact) mass is 1090 g/mol. The summed E-state index contributed by atoms with van der Waals surface area (Å²) >= 11 is 0. The van der Waals surface area contributed by atoms with Gasteiger partial charge in [0.2, 0.25) is 0 Å². The lowest BCUT2D eigenvalue weighted by molar-refractivity contribution is -0.161. The number of aliphatic hydroxyl groups excluding tert-OH is 1. The molecule has 438 valence electrons. The number of allylic oxidation sites excluding steroid dienone is 14. The number of phosphoric acid groups is 1. The topological polar surface area (TPSA) is 155 Å². The fraction of sp³-hybridized carbons (Fsp3) is 0.734. The third-order valence-electron chi connectivity index (χ3n) is 12.8. The van der Waals surface area contributed by atoms with Crippen molar-refractivity contribution in [2.45, 2.75) is 277 Å². The molecule has 0 aliphatic heterocycles. The molecule has 0 aromatic carbocycles. The molecule has 2 N–H and O–H groups in total. The van der Waals surface area contributed by atoms with Crippen molar-refractivity contribution in [2.75, 3.05) is 26.4 Å². The van der Waals surface area contributed by atoms with Crippen LogP contribution in [-0.4, -0.2) is 66.5 Å². The van der Waals surface area contributed by atoms with Crippen molar-refractivity contribution in [3.8, 4) is 0 Å². The lowest BCUT2D eigenvalue weighted by Crippen LogP contribution is -2.30. The minimum atomic E-state index is -4.77. The molecule has 0 aliphatic carbocycles. The lowest BCUT2D eigenvalue weighted by Gasteiger charge is -2.21. The van der Waals surface area contributed by atoms with Gasteiger partial charge in [-0.3, -0.25) is 23.4 Å². The van der Waals surface area contributed by atoms with E-state index in [1.54, 1.807) is 0 Å². The minimum absolute atomic E-state index is 0.0410. The minimum Gasteiger partial charge on any atom is -0.462 e. The molecular formula is C64H111O11P. The highest BCUT2D eigenvalue weighted by atomic mass is 31.2. The molecule has 0 amide bonds. The van der Waals surface area contributed by atoms with Crippen LogP contribution in [0.1, 0.15) is 265 Å². The van der Waals surface area contributed by atoms with Crippen LogP contribution >= 0.6 is 7.82 Å². The first-order chi connectivity index (χ1) is 37.2. The van der Waals surface area contributed by atoms with E-state index >= 15 is 0 Å². The number of carbonyl (C=O) groups excluding carboxylic acids is 3. The van der Waals surface area contributed by atoms with Crippen molar-refractivity contribution in [1.82, 2.24) is 0 Å². The predicted molar refractivity (Wildman–Crippen MR) is 316 cm³/mol. The lowest BCUT2D eigenvalue weighted by atomic mass is 10.1. The molecule has 0 spiro atoms.